The molecule has 6 heteroatoms. The van der Waals surface area contributed by atoms with Crippen LogP contribution in [0.3, 0.4) is 0 Å². The van der Waals surface area contributed by atoms with Crippen LogP contribution in [0.25, 0.3) is 0 Å². The fourth-order valence-corrected chi connectivity index (χ4v) is 3.13. The Bertz CT molecular complexity index is 748. The summed E-state index contributed by atoms with van der Waals surface area (Å²) in [5.74, 6) is 0.157. The first-order valence-electron chi connectivity index (χ1n) is 8.26. The number of amides is 1. The van der Waals surface area contributed by atoms with Crippen molar-refractivity contribution < 1.29 is 18.3 Å². The van der Waals surface area contributed by atoms with Crippen molar-refractivity contribution in [2.75, 3.05) is 17.2 Å². The van der Waals surface area contributed by atoms with Crippen LogP contribution in [0.15, 0.2) is 42.5 Å². The maximum absolute atomic E-state index is 12.6. The Morgan fingerprint density at radius 1 is 1.20 bits per heavy atom. The van der Waals surface area contributed by atoms with E-state index in [1.807, 2.05) is 18.2 Å². The molecular weight excluding hydrogens is 326 g/mol. The van der Waals surface area contributed by atoms with Crippen LogP contribution in [0.2, 0.25) is 0 Å². The van der Waals surface area contributed by atoms with E-state index in [1.165, 1.54) is 12.1 Å². The normalized spacial score (nSPS) is 13.6. The van der Waals surface area contributed by atoms with Crippen molar-refractivity contribution >= 4 is 17.3 Å². The Kier molecular flexibility index (Phi) is 5.16. The molecule has 132 valence electrons. The fourth-order valence-electron chi connectivity index (χ4n) is 3.13. The van der Waals surface area contributed by atoms with E-state index in [2.05, 4.69) is 4.74 Å². The first-order valence-corrected chi connectivity index (χ1v) is 8.26. The summed E-state index contributed by atoms with van der Waals surface area (Å²) in [6, 6.07) is 12.0. The summed E-state index contributed by atoms with van der Waals surface area (Å²) < 4.78 is 28.6. The van der Waals surface area contributed by atoms with Gasteiger partial charge in [-0.2, -0.15) is 8.78 Å². The molecule has 1 amide bonds. The zero-order valence-corrected chi connectivity index (χ0v) is 13.8. The highest BCUT2D eigenvalue weighted by Crippen LogP contribution is 2.31. The van der Waals surface area contributed by atoms with Crippen LogP contribution < -0.4 is 15.4 Å². The second kappa shape index (κ2) is 7.51. The van der Waals surface area contributed by atoms with Gasteiger partial charge in [0.2, 0.25) is 5.91 Å². The van der Waals surface area contributed by atoms with Crippen molar-refractivity contribution in [2.45, 2.75) is 32.3 Å². The fraction of sp³-hybridized carbons (Fsp3) is 0.316. The quantitative estimate of drug-likeness (QED) is 0.838. The van der Waals surface area contributed by atoms with E-state index < -0.39 is 6.61 Å². The van der Waals surface area contributed by atoms with Crippen LogP contribution in [0, 0.1) is 0 Å². The molecular formula is C19H20F2N2O2. The number of aryl methyl sites for hydroxylation is 1. The maximum atomic E-state index is 12.6. The molecule has 2 aromatic carbocycles. The Labute approximate surface area is 145 Å². The smallest absolute Gasteiger partial charge is 0.387 e. The van der Waals surface area contributed by atoms with Crippen LogP contribution in [-0.4, -0.2) is 19.1 Å². The number of benzene rings is 2. The van der Waals surface area contributed by atoms with Gasteiger partial charge >= 0.3 is 6.61 Å². The molecule has 25 heavy (non-hydrogen) atoms. The van der Waals surface area contributed by atoms with Crippen LogP contribution in [0.4, 0.5) is 20.2 Å². The van der Waals surface area contributed by atoms with Gasteiger partial charge in [0.1, 0.15) is 5.75 Å². The Balaban J connectivity index is 1.63. The number of halogens is 2. The van der Waals surface area contributed by atoms with Crippen LogP contribution in [0.1, 0.15) is 24.0 Å². The number of nitrogens with two attached hydrogens (primary N) is 1. The molecule has 2 aromatic rings. The predicted octanol–water partition coefficient (Wildman–Crippen LogP) is 3.78. The van der Waals surface area contributed by atoms with Gasteiger partial charge in [-0.25, -0.2) is 0 Å². The van der Waals surface area contributed by atoms with Crippen molar-refractivity contribution in [2.24, 2.45) is 0 Å². The molecule has 0 spiro atoms. The monoisotopic (exact) mass is 346 g/mol. The van der Waals surface area contributed by atoms with Gasteiger partial charge in [0.25, 0.3) is 0 Å². The Morgan fingerprint density at radius 2 is 1.96 bits per heavy atom. The van der Waals surface area contributed by atoms with E-state index in [0.717, 1.165) is 35.3 Å². The van der Waals surface area contributed by atoms with Crippen LogP contribution in [-0.2, 0) is 17.6 Å². The summed E-state index contributed by atoms with van der Waals surface area (Å²) in [7, 11) is 0. The van der Waals surface area contributed by atoms with Crippen molar-refractivity contribution in [3.8, 4) is 5.75 Å². The van der Waals surface area contributed by atoms with E-state index in [1.54, 1.807) is 17.0 Å². The highest BCUT2D eigenvalue weighted by molar-refractivity contribution is 5.95. The number of alkyl halides is 2. The lowest BCUT2D eigenvalue weighted by Gasteiger charge is -2.30. The highest BCUT2D eigenvalue weighted by atomic mass is 19.3. The summed E-state index contributed by atoms with van der Waals surface area (Å²) in [4.78, 5) is 14.4. The molecule has 0 unspecified atom stereocenters. The summed E-state index contributed by atoms with van der Waals surface area (Å²) in [6.07, 6.45) is 2.68. The molecule has 0 atom stereocenters. The summed E-state index contributed by atoms with van der Waals surface area (Å²) in [5.41, 5.74) is 9.58. The number of nitrogen functional groups attached to an aromatic ring is 1. The number of fused-ring (bicyclic) bond motifs is 1. The van der Waals surface area contributed by atoms with Gasteiger partial charge in [0, 0.05) is 24.3 Å². The molecule has 0 saturated carbocycles. The molecule has 2 N–H and O–H groups in total. The number of hydrogen-bond acceptors (Lipinski definition) is 3. The third-order valence-electron chi connectivity index (χ3n) is 4.36. The molecule has 0 radical (unpaired) electrons. The minimum Gasteiger partial charge on any atom is -0.435 e. The van der Waals surface area contributed by atoms with Crippen molar-refractivity contribution in [1.82, 2.24) is 0 Å². The minimum atomic E-state index is -2.83. The lowest BCUT2D eigenvalue weighted by molar-refractivity contribution is -0.118. The van der Waals surface area contributed by atoms with Gasteiger partial charge in [0.05, 0.1) is 0 Å². The van der Waals surface area contributed by atoms with Gasteiger partial charge in [-0.15, -0.1) is 0 Å². The lowest BCUT2D eigenvalue weighted by Crippen LogP contribution is -2.35. The number of anilines is 2. The van der Waals surface area contributed by atoms with Crippen LogP contribution in [0.5, 0.6) is 5.75 Å². The number of nitrogens with zero attached hydrogens (tertiary/aromatic N) is 1. The van der Waals surface area contributed by atoms with Crippen molar-refractivity contribution in [1.29, 1.82) is 0 Å². The molecule has 0 aromatic heterocycles. The van der Waals surface area contributed by atoms with Gasteiger partial charge in [-0.05, 0) is 54.7 Å². The largest absolute Gasteiger partial charge is 0.435 e. The van der Waals surface area contributed by atoms with Crippen LogP contribution >= 0.6 is 0 Å². The van der Waals surface area contributed by atoms with Crippen molar-refractivity contribution in [3.63, 3.8) is 0 Å². The lowest BCUT2D eigenvalue weighted by atomic mass is 9.99. The van der Waals surface area contributed by atoms with Gasteiger partial charge in [-0.1, -0.05) is 18.2 Å². The predicted molar refractivity (Wildman–Crippen MR) is 92.9 cm³/mol. The second-order valence-electron chi connectivity index (χ2n) is 6.02. The number of carbonyl (C=O) groups excluding carboxylic acids is 1. The van der Waals surface area contributed by atoms with E-state index >= 15 is 0 Å². The van der Waals surface area contributed by atoms with Crippen molar-refractivity contribution in [3.05, 3.63) is 53.6 Å². The van der Waals surface area contributed by atoms with E-state index in [4.69, 9.17) is 5.73 Å². The molecule has 0 aliphatic carbocycles. The molecule has 1 heterocycles. The maximum Gasteiger partial charge on any atom is 0.387 e. The standard InChI is InChI=1S/C19H20F2N2O2/c20-19(21)25-14-9-6-13(7-10-14)8-11-18(24)23-12-2-3-15-16(22)4-1-5-17(15)23/h1,4-7,9-10,19H,2-3,8,11-12,22H2. The molecule has 3 rings (SSSR count). The zero-order valence-electron chi connectivity index (χ0n) is 13.8. The Hall–Kier alpha value is -2.63. The summed E-state index contributed by atoms with van der Waals surface area (Å²) >= 11 is 0. The highest BCUT2D eigenvalue weighted by Gasteiger charge is 2.23. The molecule has 0 saturated heterocycles. The second-order valence-corrected chi connectivity index (χ2v) is 6.02. The van der Waals surface area contributed by atoms with Gasteiger partial charge < -0.3 is 15.4 Å². The number of rotatable bonds is 5. The number of hydrogen-bond donors (Lipinski definition) is 1. The SMILES string of the molecule is Nc1cccc2c1CCCN2C(=O)CCc1ccc(OC(F)F)cc1. The molecule has 0 fully saturated rings. The molecule has 1 aliphatic rings. The van der Waals surface area contributed by atoms with E-state index in [9.17, 15) is 13.6 Å². The van der Waals surface area contributed by atoms with E-state index in [0.29, 0.717) is 19.4 Å². The third-order valence-corrected chi connectivity index (χ3v) is 4.36. The number of carbonyl (C=O) groups is 1. The molecule has 4 nitrogen and oxygen atoms in total. The van der Waals surface area contributed by atoms with E-state index in [-0.39, 0.29) is 11.7 Å². The third kappa shape index (κ3) is 4.07. The van der Waals surface area contributed by atoms with Gasteiger partial charge in [-0.3, -0.25) is 4.79 Å². The molecule has 1 aliphatic heterocycles. The summed E-state index contributed by atoms with van der Waals surface area (Å²) in [6.45, 7) is -2.14. The zero-order chi connectivity index (χ0) is 17.8. The average molecular weight is 346 g/mol. The Morgan fingerprint density at radius 3 is 2.68 bits per heavy atom. The van der Waals surface area contributed by atoms with Gasteiger partial charge in [0.15, 0.2) is 0 Å². The minimum absolute atomic E-state index is 0.0412. The summed E-state index contributed by atoms with van der Waals surface area (Å²) in [5, 5.41) is 0. The molecule has 0 bridgehead atoms. The average Bonchev–Trinajstić information content (AvgIpc) is 2.60. The number of ether oxygens (including phenoxy) is 1. The first-order chi connectivity index (χ1) is 12.0. The first kappa shape index (κ1) is 17.2. The topological polar surface area (TPSA) is 55.6 Å².